The van der Waals surface area contributed by atoms with Crippen LogP contribution in [-0.4, -0.2) is 49.0 Å². The Bertz CT molecular complexity index is 1510. The SMILES string of the molecule is Cc1cc(OCC2(O)CCS(O)(O)CC2)cc2c1-c1cc(CNc3ccc([C@H]4C[C@@H]4C(=O)O)c(F)c3)ccc1CCC2. The first-order valence-corrected chi connectivity index (χ1v) is 16.5. The van der Waals surface area contributed by atoms with E-state index in [2.05, 4.69) is 36.5 Å². The fraction of sp³-hybridized carbons (Fsp3) is 0.424. The van der Waals surface area contributed by atoms with Gasteiger partial charge in [0.25, 0.3) is 0 Å². The van der Waals surface area contributed by atoms with E-state index in [1.54, 1.807) is 6.07 Å². The molecule has 0 spiro atoms. The van der Waals surface area contributed by atoms with E-state index in [0.717, 1.165) is 30.4 Å². The lowest BCUT2D eigenvalue weighted by Crippen LogP contribution is -2.42. The molecule has 0 unspecified atom stereocenters. The fourth-order valence-electron chi connectivity index (χ4n) is 6.39. The van der Waals surface area contributed by atoms with Gasteiger partial charge in [0.15, 0.2) is 0 Å². The van der Waals surface area contributed by atoms with Gasteiger partial charge in [0, 0.05) is 29.7 Å². The standard InChI is InChI=1S/C33H38FNO6S/c1-20-13-25(41-19-33(38)9-11-42(39,40)12-10-33)15-23-4-2-3-22-6-5-21(14-27(22)31(20)23)18-35-24-7-8-26(30(34)16-24)28-17-29(28)32(36)37/h5-8,13-16,28-29,35,38-40H,2-4,9-12,17-19H2,1H3,(H,36,37)/t28-,29+/m1/s1. The minimum atomic E-state index is -2.58. The molecule has 3 aromatic carbocycles. The first kappa shape index (κ1) is 29.0. The Morgan fingerprint density at radius 2 is 1.83 bits per heavy atom. The molecule has 1 saturated carbocycles. The zero-order valence-corrected chi connectivity index (χ0v) is 24.6. The number of carbonyl (C=O) groups is 1. The van der Waals surface area contributed by atoms with Gasteiger partial charge in [-0.1, -0.05) is 18.2 Å². The normalized spacial score (nSPS) is 22.7. The summed E-state index contributed by atoms with van der Waals surface area (Å²) in [5.74, 6) is -0.839. The largest absolute Gasteiger partial charge is 0.491 e. The number of aliphatic hydroxyl groups is 1. The van der Waals surface area contributed by atoms with Gasteiger partial charge in [-0.05, 0) is 115 Å². The molecule has 0 aromatic heterocycles. The van der Waals surface area contributed by atoms with Crippen LogP contribution in [0.5, 0.6) is 5.75 Å². The lowest BCUT2D eigenvalue weighted by molar-refractivity contribution is -0.138. The highest BCUT2D eigenvalue weighted by atomic mass is 32.3. The number of nitrogens with one attached hydrogen (secondary N) is 1. The average molecular weight is 596 g/mol. The zero-order valence-electron chi connectivity index (χ0n) is 23.7. The van der Waals surface area contributed by atoms with Gasteiger partial charge in [-0.25, -0.2) is 4.39 Å². The van der Waals surface area contributed by atoms with Crippen LogP contribution in [0.25, 0.3) is 11.1 Å². The Balaban J connectivity index is 1.16. The number of aryl methyl sites for hydroxylation is 3. The summed E-state index contributed by atoms with van der Waals surface area (Å²) in [4.78, 5) is 11.2. The molecule has 3 aromatic rings. The summed E-state index contributed by atoms with van der Waals surface area (Å²) < 4.78 is 40.6. The summed E-state index contributed by atoms with van der Waals surface area (Å²) in [7, 11) is -2.58. The Morgan fingerprint density at radius 3 is 2.55 bits per heavy atom. The number of carboxylic acids is 1. The van der Waals surface area contributed by atoms with Crippen molar-refractivity contribution in [2.24, 2.45) is 5.92 Å². The molecule has 1 saturated heterocycles. The summed E-state index contributed by atoms with van der Waals surface area (Å²) in [5.41, 5.74) is 7.13. The molecule has 2 aliphatic carbocycles. The van der Waals surface area contributed by atoms with Crippen LogP contribution in [0.2, 0.25) is 0 Å². The van der Waals surface area contributed by atoms with Crippen molar-refractivity contribution in [2.75, 3.05) is 23.4 Å². The Kier molecular flexibility index (Phi) is 7.72. The van der Waals surface area contributed by atoms with Crippen LogP contribution in [-0.2, 0) is 24.2 Å². The maximum absolute atomic E-state index is 14.8. The van der Waals surface area contributed by atoms with Crippen molar-refractivity contribution in [3.05, 3.63) is 82.2 Å². The summed E-state index contributed by atoms with van der Waals surface area (Å²) in [6.45, 7) is 2.72. The van der Waals surface area contributed by atoms with Crippen molar-refractivity contribution >= 4 is 22.2 Å². The van der Waals surface area contributed by atoms with Crippen molar-refractivity contribution in [3.63, 3.8) is 0 Å². The first-order chi connectivity index (χ1) is 20.0. The van der Waals surface area contributed by atoms with Gasteiger partial charge in [0.1, 0.15) is 23.8 Å². The number of hydrogen-bond donors (Lipinski definition) is 5. The van der Waals surface area contributed by atoms with E-state index in [1.165, 1.54) is 28.3 Å². The van der Waals surface area contributed by atoms with E-state index < -0.39 is 28.1 Å². The highest BCUT2D eigenvalue weighted by Crippen LogP contribution is 2.49. The third-order valence-corrected chi connectivity index (χ3v) is 10.7. The molecule has 6 rings (SSSR count). The van der Waals surface area contributed by atoms with Gasteiger partial charge in [0.2, 0.25) is 0 Å². The van der Waals surface area contributed by atoms with Crippen molar-refractivity contribution in [1.29, 1.82) is 0 Å². The summed E-state index contributed by atoms with van der Waals surface area (Å²) in [6.07, 6.45) is 4.00. The predicted octanol–water partition coefficient (Wildman–Crippen LogP) is 6.74. The van der Waals surface area contributed by atoms with Crippen molar-refractivity contribution < 1.29 is 33.2 Å². The van der Waals surface area contributed by atoms with Crippen molar-refractivity contribution in [1.82, 2.24) is 0 Å². The topological polar surface area (TPSA) is 119 Å². The van der Waals surface area contributed by atoms with Crippen molar-refractivity contribution in [2.45, 2.75) is 63.5 Å². The number of ether oxygens (including phenoxy) is 1. The number of fused-ring (bicyclic) bond motifs is 3. The third-order valence-electron chi connectivity index (χ3n) is 9.03. The van der Waals surface area contributed by atoms with Crippen LogP contribution in [0.15, 0.2) is 48.5 Å². The Hall–Kier alpha value is -3.11. The van der Waals surface area contributed by atoms with Gasteiger partial charge in [-0.15, -0.1) is 0 Å². The van der Waals surface area contributed by atoms with E-state index in [4.69, 9.17) is 9.84 Å². The summed E-state index contributed by atoms with van der Waals surface area (Å²) >= 11 is 0. The molecule has 2 fully saturated rings. The number of carboxylic acid groups (broad SMARTS) is 1. The minimum absolute atomic E-state index is 0.121. The van der Waals surface area contributed by atoms with Gasteiger partial charge in [0.05, 0.1) is 5.92 Å². The van der Waals surface area contributed by atoms with E-state index in [9.17, 15) is 23.4 Å². The van der Waals surface area contributed by atoms with Crippen LogP contribution in [0, 0.1) is 18.7 Å². The lowest BCUT2D eigenvalue weighted by atomic mass is 9.91. The molecular formula is C33H38FNO6S. The first-order valence-electron chi connectivity index (χ1n) is 14.6. The minimum Gasteiger partial charge on any atom is -0.491 e. The van der Waals surface area contributed by atoms with Crippen LogP contribution >= 0.6 is 10.6 Å². The second-order valence-corrected chi connectivity index (χ2v) is 14.6. The van der Waals surface area contributed by atoms with E-state index >= 15 is 0 Å². The molecule has 1 heterocycles. The molecule has 224 valence electrons. The van der Waals surface area contributed by atoms with Gasteiger partial charge < -0.3 is 20.3 Å². The zero-order chi connectivity index (χ0) is 29.6. The highest BCUT2D eigenvalue weighted by Gasteiger charge is 2.45. The quantitative estimate of drug-likeness (QED) is 0.196. The van der Waals surface area contributed by atoms with E-state index in [0.29, 0.717) is 42.8 Å². The van der Waals surface area contributed by atoms with Gasteiger partial charge in [-0.3, -0.25) is 13.9 Å². The fourth-order valence-corrected chi connectivity index (χ4v) is 8.01. The second-order valence-electron chi connectivity index (χ2n) is 12.2. The number of aliphatic carboxylic acids is 1. The van der Waals surface area contributed by atoms with E-state index in [-0.39, 0.29) is 29.8 Å². The molecule has 0 bridgehead atoms. The Labute approximate surface area is 247 Å². The Morgan fingerprint density at radius 1 is 1.07 bits per heavy atom. The monoisotopic (exact) mass is 595 g/mol. The van der Waals surface area contributed by atoms with Crippen molar-refractivity contribution in [3.8, 4) is 16.9 Å². The number of hydrogen-bond acceptors (Lipinski definition) is 6. The molecular weight excluding hydrogens is 557 g/mol. The molecule has 5 N–H and O–H groups in total. The molecule has 7 nitrogen and oxygen atoms in total. The maximum Gasteiger partial charge on any atom is 0.307 e. The molecule has 0 amide bonds. The number of halogens is 1. The predicted molar refractivity (Wildman–Crippen MR) is 163 cm³/mol. The lowest BCUT2D eigenvalue weighted by Gasteiger charge is -2.43. The number of anilines is 1. The average Bonchev–Trinajstić information content (AvgIpc) is 3.76. The maximum atomic E-state index is 14.8. The van der Waals surface area contributed by atoms with E-state index in [1.807, 2.05) is 12.1 Å². The molecule has 42 heavy (non-hydrogen) atoms. The smallest absolute Gasteiger partial charge is 0.307 e. The third kappa shape index (κ3) is 6.15. The summed E-state index contributed by atoms with van der Waals surface area (Å²) in [6, 6.07) is 15.5. The molecule has 3 aliphatic rings. The van der Waals surface area contributed by atoms with Crippen LogP contribution < -0.4 is 10.1 Å². The highest BCUT2D eigenvalue weighted by molar-refractivity contribution is 8.24. The summed E-state index contributed by atoms with van der Waals surface area (Å²) in [5, 5.41) is 23.4. The molecule has 2 atom stereocenters. The van der Waals surface area contributed by atoms with Gasteiger partial charge >= 0.3 is 5.97 Å². The van der Waals surface area contributed by atoms with Gasteiger partial charge in [-0.2, -0.15) is 10.6 Å². The van der Waals surface area contributed by atoms with Crippen LogP contribution in [0.3, 0.4) is 0 Å². The second kappa shape index (κ2) is 11.2. The molecule has 9 heteroatoms. The number of rotatable bonds is 8. The van der Waals surface area contributed by atoms with Crippen LogP contribution in [0.4, 0.5) is 10.1 Å². The molecule has 1 aliphatic heterocycles. The molecule has 0 radical (unpaired) electrons. The van der Waals surface area contributed by atoms with Crippen LogP contribution in [0.1, 0.15) is 59.4 Å². The number of benzene rings is 3.